The van der Waals surface area contributed by atoms with Crippen LogP contribution in [0.2, 0.25) is 0 Å². The third-order valence-corrected chi connectivity index (χ3v) is 2.38. The Labute approximate surface area is 101 Å². The van der Waals surface area contributed by atoms with Crippen LogP contribution in [0.1, 0.15) is 12.6 Å². The van der Waals surface area contributed by atoms with Gasteiger partial charge < -0.3 is 15.2 Å². The number of hydrogen-bond acceptors (Lipinski definition) is 5. The molecule has 0 saturated heterocycles. The number of carbonyl (C=O) groups is 1. The Hall–Kier alpha value is -1.46. The summed E-state index contributed by atoms with van der Waals surface area (Å²) in [6.45, 7) is 2.23. The number of rotatable bonds is 6. The molecule has 1 heterocycles. The van der Waals surface area contributed by atoms with Gasteiger partial charge in [0.05, 0.1) is 7.11 Å². The number of methoxy groups -OCH3 is 1. The lowest BCUT2D eigenvalue weighted by Gasteiger charge is -2.20. The SMILES string of the molecule is COC(=O)C(C)(O)CNCCc1ccccn1. The predicted octanol–water partition coefficient (Wildman–Crippen LogP) is 0.138. The summed E-state index contributed by atoms with van der Waals surface area (Å²) in [5.74, 6) is -0.636. The first-order valence-corrected chi connectivity index (χ1v) is 5.47. The van der Waals surface area contributed by atoms with E-state index in [-0.39, 0.29) is 6.54 Å². The first-order valence-electron chi connectivity index (χ1n) is 5.47. The summed E-state index contributed by atoms with van der Waals surface area (Å²) < 4.78 is 4.49. The fraction of sp³-hybridized carbons (Fsp3) is 0.500. The summed E-state index contributed by atoms with van der Waals surface area (Å²) in [4.78, 5) is 15.3. The molecule has 0 bridgehead atoms. The van der Waals surface area contributed by atoms with Gasteiger partial charge in [0.15, 0.2) is 5.60 Å². The smallest absolute Gasteiger partial charge is 0.338 e. The molecular weight excluding hydrogens is 220 g/mol. The maximum atomic E-state index is 11.2. The monoisotopic (exact) mass is 238 g/mol. The fourth-order valence-corrected chi connectivity index (χ4v) is 1.39. The molecule has 0 spiro atoms. The van der Waals surface area contributed by atoms with Crippen molar-refractivity contribution in [3.8, 4) is 0 Å². The molecule has 2 N–H and O–H groups in total. The van der Waals surface area contributed by atoms with E-state index in [1.807, 2.05) is 18.2 Å². The summed E-state index contributed by atoms with van der Waals surface area (Å²) in [5, 5.41) is 12.7. The minimum Gasteiger partial charge on any atom is -0.467 e. The number of nitrogens with zero attached hydrogens (tertiary/aromatic N) is 1. The van der Waals surface area contributed by atoms with Gasteiger partial charge >= 0.3 is 5.97 Å². The van der Waals surface area contributed by atoms with E-state index in [9.17, 15) is 9.90 Å². The molecule has 1 aromatic rings. The minimum absolute atomic E-state index is 0.159. The van der Waals surface area contributed by atoms with Crippen LogP contribution in [-0.2, 0) is 16.0 Å². The third kappa shape index (κ3) is 4.50. The van der Waals surface area contributed by atoms with Crippen LogP contribution in [0.15, 0.2) is 24.4 Å². The van der Waals surface area contributed by atoms with Crippen LogP contribution in [0.5, 0.6) is 0 Å². The topological polar surface area (TPSA) is 71.5 Å². The van der Waals surface area contributed by atoms with Gasteiger partial charge in [-0.2, -0.15) is 0 Å². The van der Waals surface area contributed by atoms with Crippen molar-refractivity contribution >= 4 is 5.97 Å². The number of esters is 1. The predicted molar refractivity (Wildman–Crippen MR) is 63.5 cm³/mol. The van der Waals surface area contributed by atoms with Crippen molar-refractivity contribution in [1.29, 1.82) is 0 Å². The minimum atomic E-state index is -1.49. The maximum absolute atomic E-state index is 11.2. The molecule has 5 heteroatoms. The molecule has 1 aromatic heterocycles. The van der Waals surface area contributed by atoms with Crippen molar-refractivity contribution in [2.75, 3.05) is 20.2 Å². The van der Waals surface area contributed by atoms with E-state index >= 15 is 0 Å². The van der Waals surface area contributed by atoms with E-state index in [1.165, 1.54) is 14.0 Å². The Morgan fingerprint density at radius 1 is 1.59 bits per heavy atom. The van der Waals surface area contributed by atoms with Gasteiger partial charge in [0.25, 0.3) is 0 Å². The number of nitrogens with one attached hydrogen (secondary N) is 1. The van der Waals surface area contributed by atoms with Gasteiger partial charge in [-0.15, -0.1) is 0 Å². The van der Waals surface area contributed by atoms with Gasteiger partial charge in [-0.3, -0.25) is 4.98 Å². The van der Waals surface area contributed by atoms with E-state index in [4.69, 9.17) is 0 Å². The summed E-state index contributed by atoms with van der Waals surface area (Å²) in [6.07, 6.45) is 2.48. The summed E-state index contributed by atoms with van der Waals surface area (Å²) in [5.41, 5.74) is -0.517. The van der Waals surface area contributed by atoms with Crippen LogP contribution in [-0.4, -0.2) is 41.9 Å². The highest BCUT2D eigenvalue weighted by Crippen LogP contribution is 2.03. The standard InChI is InChI=1S/C12H18N2O3/c1-12(16,11(15)17-2)9-13-8-6-10-5-3-4-7-14-10/h3-5,7,13,16H,6,8-9H2,1-2H3. The van der Waals surface area contributed by atoms with E-state index < -0.39 is 11.6 Å². The summed E-state index contributed by atoms with van der Waals surface area (Å²) >= 11 is 0. The molecule has 0 fully saturated rings. The molecule has 0 saturated carbocycles. The number of ether oxygens (including phenoxy) is 1. The third-order valence-electron chi connectivity index (χ3n) is 2.38. The number of aromatic nitrogens is 1. The average molecular weight is 238 g/mol. The molecule has 1 unspecified atom stereocenters. The van der Waals surface area contributed by atoms with Gasteiger partial charge in [-0.05, 0) is 19.1 Å². The second-order valence-electron chi connectivity index (χ2n) is 4.01. The first-order chi connectivity index (χ1) is 8.06. The Kier molecular flexibility index (Phi) is 5.06. The Morgan fingerprint density at radius 3 is 2.94 bits per heavy atom. The lowest BCUT2D eigenvalue weighted by Crippen LogP contribution is -2.46. The largest absolute Gasteiger partial charge is 0.467 e. The molecule has 1 rings (SSSR count). The van der Waals surface area contributed by atoms with Crippen LogP contribution < -0.4 is 5.32 Å². The number of pyridine rings is 1. The zero-order valence-electron chi connectivity index (χ0n) is 10.1. The van der Waals surface area contributed by atoms with Crippen molar-refractivity contribution in [2.24, 2.45) is 0 Å². The molecule has 1 atom stereocenters. The van der Waals surface area contributed by atoms with Gasteiger partial charge in [0.1, 0.15) is 0 Å². The van der Waals surface area contributed by atoms with Crippen molar-refractivity contribution in [2.45, 2.75) is 18.9 Å². The quantitative estimate of drug-likeness (QED) is 0.545. The van der Waals surface area contributed by atoms with E-state index in [2.05, 4.69) is 15.0 Å². The second kappa shape index (κ2) is 6.32. The number of hydrogen-bond donors (Lipinski definition) is 2. The molecule has 0 aromatic carbocycles. The van der Waals surface area contributed by atoms with Gasteiger partial charge in [-0.25, -0.2) is 4.79 Å². The van der Waals surface area contributed by atoms with Crippen molar-refractivity contribution in [1.82, 2.24) is 10.3 Å². The van der Waals surface area contributed by atoms with Gasteiger partial charge in [0.2, 0.25) is 0 Å². The Balaban J connectivity index is 2.27. The van der Waals surface area contributed by atoms with Crippen molar-refractivity contribution < 1.29 is 14.6 Å². The van der Waals surface area contributed by atoms with E-state index in [1.54, 1.807) is 6.20 Å². The maximum Gasteiger partial charge on any atom is 0.338 e. The molecule has 17 heavy (non-hydrogen) atoms. The van der Waals surface area contributed by atoms with Crippen LogP contribution in [0.25, 0.3) is 0 Å². The number of aliphatic hydroxyl groups is 1. The lowest BCUT2D eigenvalue weighted by atomic mass is 10.1. The first kappa shape index (κ1) is 13.6. The second-order valence-corrected chi connectivity index (χ2v) is 4.01. The van der Waals surface area contributed by atoms with E-state index in [0.29, 0.717) is 6.54 Å². The number of carbonyl (C=O) groups excluding carboxylic acids is 1. The molecular formula is C12H18N2O3. The zero-order valence-corrected chi connectivity index (χ0v) is 10.1. The molecule has 0 radical (unpaired) electrons. The van der Waals surface area contributed by atoms with Gasteiger partial charge in [0, 0.05) is 31.4 Å². The molecule has 0 aliphatic rings. The van der Waals surface area contributed by atoms with Crippen LogP contribution >= 0.6 is 0 Å². The summed E-state index contributed by atoms with van der Waals surface area (Å²) in [6, 6.07) is 5.71. The van der Waals surface area contributed by atoms with Crippen molar-refractivity contribution in [3.05, 3.63) is 30.1 Å². The average Bonchev–Trinajstić information content (AvgIpc) is 2.35. The molecule has 5 nitrogen and oxygen atoms in total. The molecule has 0 aliphatic carbocycles. The fourth-order valence-electron chi connectivity index (χ4n) is 1.39. The normalized spacial score (nSPS) is 14.1. The molecule has 0 aliphatic heterocycles. The Bertz CT molecular complexity index is 352. The van der Waals surface area contributed by atoms with E-state index in [0.717, 1.165) is 12.1 Å². The van der Waals surface area contributed by atoms with Crippen molar-refractivity contribution in [3.63, 3.8) is 0 Å². The van der Waals surface area contributed by atoms with Gasteiger partial charge in [-0.1, -0.05) is 6.07 Å². The van der Waals surface area contributed by atoms with Crippen LogP contribution in [0.4, 0.5) is 0 Å². The Morgan fingerprint density at radius 2 is 2.35 bits per heavy atom. The highest BCUT2D eigenvalue weighted by molar-refractivity contribution is 5.78. The highest BCUT2D eigenvalue weighted by atomic mass is 16.5. The highest BCUT2D eigenvalue weighted by Gasteiger charge is 2.30. The molecule has 0 amide bonds. The van der Waals surface area contributed by atoms with Crippen LogP contribution in [0.3, 0.4) is 0 Å². The zero-order chi connectivity index (χ0) is 12.7. The summed E-state index contributed by atoms with van der Waals surface area (Å²) in [7, 11) is 1.25. The molecule has 94 valence electrons. The van der Waals surface area contributed by atoms with Crippen LogP contribution in [0, 0.1) is 0 Å². The lowest BCUT2D eigenvalue weighted by molar-refractivity contribution is -0.159.